The van der Waals surface area contributed by atoms with Crippen LogP contribution < -0.4 is 0 Å². The van der Waals surface area contributed by atoms with Crippen molar-refractivity contribution in [2.24, 2.45) is 0 Å². The van der Waals surface area contributed by atoms with E-state index >= 15 is 0 Å². The lowest BCUT2D eigenvalue weighted by molar-refractivity contribution is -0.140. The van der Waals surface area contributed by atoms with Gasteiger partial charge < -0.3 is 9.84 Å². The minimum atomic E-state index is -1.02. The molecule has 1 N–H and O–H groups in total. The normalized spacial score (nSPS) is 12.1. The molecule has 1 unspecified atom stereocenters. The number of ether oxygens (including phenoxy) is 1. The number of carboxylic acid groups (broad SMARTS) is 1. The van der Waals surface area contributed by atoms with Crippen molar-refractivity contribution in [2.45, 2.75) is 12.5 Å². The Kier molecular flexibility index (Phi) is 4.85. The summed E-state index contributed by atoms with van der Waals surface area (Å²) in [5.41, 5.74) is 1.38. The summed E-state index contributed by atoms with van der Waals surface area (Å²) in [6.07, 6.45) is 0. The monoisotopic (exact) mass is 274 g/mol. The van der Waals surface area contributed by atoms with Crippen molar-refractivity contribution in [2.75, 3.05) is 6.61 Å². The second-order valence-electron chi connectivity index (χ2n) is 4.45. The Labute approximate surface area is 116 Å². The summed E-state index contributed by atoms with van der Waals surface area (Å²) in [5.74, 6) is -2.34. The average molecular weight is 274 g/mol. The van der Waals surface area contributed by atoms with Gasteiger partial charge in [-0.3, -0.25) is 4.79 Å². The van der Waals surface area contributed by atoms with Crippen LogP contribution in [0.1, 0.15) is 17.0 Å². The molecule has 0 aromatic heterocycles. The van der Waals surface area contributed by atoms with Crippen molar-refractivity contribution in [1.29, 1.82) is 0 Å². The Bertz CT molecular complexity index is 569. The van der Waals surface area contributed by atoms with Crippen LogP contribution in [0.4, 0.5) is 4.39 Å². The fourth-order valence-corrected chi connectivity index (χ4v) is 1.90. The second-order valence-corrected chi connectivity index (χ2v) is 4.45. The van der Waals surface area contributed by atoms with Crippen LogP contribution >= 0.6 is 0 Å². The zero-order valence-corrected chi connectivity index (χ0v) is 10.8. The Morgan fingerprint density at radius 3 is 2.55 bits per heavy atom. The first-order chi connectivity index (χ1) is 9.66. The van der Waals surface area contributed by atoms with Gasteiger partial charge >= 0.3 is 5.97 Å². The van der Waals surface area contributed by atoms with Gasteiger partial charge in [-0.2, -0.15) is 0 Å². The smallest absolute Gasteiger partial charge is 0.313 e. The summed E-state index contributed by atoms with van der Waals surface area (Å²) in [7, 11) is 0. The topological polar surface area (TPSA) is 46.5 Å². The van der Waals surface area contributed by atoms with Crippen LogP contribution in [-0.4, -0.2) is 17.7 Å². The number of hydrogen-bond acceptors (Lipinski definition) is 2. The van der Waals surface area contributed by atoms with Crippen LogP contribution in [0, 0.1) is 5.82 Å². The second kappa shape index (κ2) is 6.82. The van der Waals surface area contributed by atoms with Gasteiger partial charge in [0.05, 0.1) is 13.2 Å². The Hall–Kier alpha value is -2.20. The van der Waals surface area contributed by atoms with E-state index in [0.717, 1.165) is 5.56 Å². The molecule has 2 rings (SSSR count). The first kappa shape index (κ1) is 14.2. The van der Waals surface area contributed by atoms with Crippen molar-refractivity contribution in [3.8, 4) is 0 Å². The number of carboxylic acids is 1. The number of aliphatic carboxylic acids is 1. The van der Waals surface area contributed by atoms with Crippen LogP contribution in [0.3, 0.4) is 0 Å². The Balaban J connectivity index is 1.98. The van der Waals surface area contributed by atoms with Crippen LogP contribution in [0.25, 0.3) is 0 Å². The highest BCUT2D eigenvalue weighted by atomic mass is 19.1. The largest absolute Gasteiger partial charge is 0.481 e. The van der Waals surface area contributed by atoms with E-state index in [4.69, 9.17) is 4.74 Å². The standard InChI is InChI=1S/C16H15FO3/c17-14-8-4-7-13(9-14)15(16(18)19)11-20-10-12-5-2-1-3-6-12/h1-9,15H,10-11H2,(H,18,19). The summed E-state index contributed by atoms with van der Waals surface area (Å²) in [6.45, 7) is 0.341. The first-order valence-corrected chi connectivity index (χ1v) is 6.27. The third kappa shape index (κ3) is 3.90. The first-order valence-electron chi connectivity index (χ1n) is 6.27. The molecule has 20 heavy (non-hydrogen) atoms. The average Bonchev–Trinajstić information content (AvgIpc) is 2.44. The maximum atomic E-state index is 13.1. The maximum absolute atomic E-state index is 13.1. The van der Waals surface area contributed by atoms with Gasteiger partial charge in [0.25, 0.3) is 0 Å². The molecule has 104 valence electrons. The molecule has 0 aliphatic carbocycles. The van der Waals surface area contributed by atoms with Crippen molar-refractivity contribution in [3.05, 3.63) is 71.5 Å². The molecular formula is C16H15FO3. The van der Waals surface area contributed by atoms with Gasteiger partial charge in [0.15, 0.2) is 0 Å². The van der Waals surface area contributed by atoms with Crippen LogP contribution in [0.15, 0.2) is 54.6 Å². The maximum Gasteiger partial charge on any atom is 0.313 e. The molecule has 2 aromatic rings. The molecule has 0 saturated heterocycles. The SMILES string of the molecule is O=C(O)C(COCc1ccccc1)c1cccc(F)c1. The van der Waals surface area contributed by atoms with Gasteiger partial charge in [-0.15, -0.1) is 0 Å². The van der Waals surface area contributed by atoms with E-state index in [0.29, 0.717) is 12.2 Å². The fraction of sp³-hybridized carbons (Fsp3) is 0.188. The van der Waals surface area contributed by atoms with Crippen molar-refractivity contribution < 1.29 is 19.0 Å². The Morgan fingerprint density at radius 2 is 1.90 bits per heavy atom. The predicted molar refractivity (Wildman–Crippen MR) is 72.9 cm³/mol. The molecule has 0 spiro atoms. The number of hydrogen-bond donors (Lipinski definition) is 1. The summed E-state index contributed by atoms with van der Waals surface area (Å²) in [4.78, 5) is 11.3. The van der Waals surface area contributed by atoms with E-state index < -0.39 is 17.7 Å². The highest BCUT2D eigenvalue weighted by molar-refractivity contribution is 5.76. The minimum Gasteiger partial charge on any atom is -0.481 e. The molecule has 0 saturated carbocycles. The van der Waals surface area contributed by atoms with Crippen molar-refractivity contribution in [3.63, 3.8) is 0 Å². The summed E-state index contributed by atoms with van der Waals surface area (Å²) in [5, 5.41) is 9.21. The van der Waals surface area contributed by atoms with E-state index in [-0.39, 0.29) is 6.61 Å². The minimum absolute atomic E-state index is 0.00762. The van der Waals surface area contributed by atoms with E-state index in [1.807, 2.05) is 30.3 Å². The fourth-order valence-electron chi connectivity index (χ4n) is 1.90. The lowest BCUT2D eigenvalue weighted by Gasteiger charge is -2.13. The van der Waals surface area contributed by atoms with Gasteiger partial charge in [0, 0.05) is 0 Å². The van der Waals surface area contributed by atoms with Crippen LogP contribution in [0.5, 0.6) is 0 Å². The summed E-state index contributed by atoms with van der Waals surface area (Å²) in [6, 6.07) is 15.1. The van der Waals surface area contributed by atoms with Gasteiger partial charge in [0.2, 0.25) is 0 Å². The number of halogens is 1. The third-order valence-electron chi connectivity index (χ3n) is 2.95. The molecular weight excluding hydrogens is 259 g/mol. The quantitative estimate of drug-likeness (QED) is 0.879. The van der Waals surface area contributed by atoms with Crippen molar-refractivity contribution >= 4 is 5.97 Å². The summed E-state index contributed by atoms with van der Waals surface area (Å²) < 4.78 is 18.6. The zero-order valence-electron chi connectivity index (χ0n) is 10.8. The zero-order chi connectivity index (χ0) is 14.4. The molecule has 0 aliphatic heterocycles. The van der Waals surface area contributed by atoms with E-state index in [2.05, 4.69) is 0 Å². The molecule has 0 aliphatic rings. The van der Waals surface area contributed by atoms with E-state index in [9.17, 15) is 14.3 Å². The Morgan fingerprint density at radius 1 is 1.15 bits per heavy atom. The molecule has 4 heteroatoms. The lowest BCUT2D eigenvalue weighted by Crippen LogP contribution is -2.18. The molecule has 0 amide bonds. The molecule has 0 fully saturated rings. The highest BCUT2D eigenvalue weighted by Gasteiger charge is 2.20. The molecule has 0 radical (unpaired) electrons. The molecule has 3 nitrogen and oxygen atoms in total. The van der Waals surface area contributed by atoms with E-state index in [1.165, 1.54) is 18.2 Å². The summed E-state index contributed by atoms with van der Waals surface area (Å²) >= 11 is 0. The van der Waals surface area contributed by atoms with Crippen LogP contribution in [-0.2, 0) is 16.1 Å². The highest BCUT2D eigenvalue weighted by Crippen LogP contribution is 2.18. The molecule has 1 atom stereocenters. The molecule has 0 bridgehead atoms. The van der Waals surface area contributed by atoms with Gasteiger partial charge in [-0.25, -0.2) is 4.39 Å². The molecule has 0 heterocycles. The van der Waals surface area contributed by atoms with Gasteiger partial charge in [0.1, 0.15) is 11.7 Å². The lowest BCUT2D eigenvalue weighted by atomic mass is 10.0. The van der Waals surface area contributed by atoms with Crippen molar-refractivity contribution in [1.82, 2.24) is 0 Å². The number of benzene rings is 2. The van der Waals surface area contributed by atoms with Crippen LogP contribution in [0.2, 0.25) is 0 Å². The third-order valence-corrected chi connectivity index (χ3v) is 2.95. The van der Waals surface area contributed by atoms with E-state index in [1.54, 1.807) is 6.07 Å². The number of carbonyl (C=O) groups is 1. The van der Waals surface area contributed by atoms with Gasteiger partial charge in [-0.1, -0.05) is 42.5 Å². The number of rotatable bonds is 6. The predicted octanol–water partition coefficient (Wildman–Crippen LogP) is 3.21. The molecule has 2 aromatic carbocycles. The van der Waals surface area contributed by atoms with Gasteiger partial charge in [-0.05, 0) is 23.3 Å².